The molecule has 0 radical (unpaired) electrons. The molecular formula is C11H22F2NO2+. The first-order valence-corrected chi connectivity index (χ1v) is 5.81. The molecule has 3 nitrogen and oxygen atoms in total. The zero-order valence-electron chi connectivity index (χ0n) is 10.3. The van der Waals surface area contributed by atoms with Crippen LogP contribution < -0.4 is 0 Å². The van der Waals surface area contributed by atoms with Crippen LogP contribution in [0.5, 0.6) is 0 Å². The minimum absolute atomic E-state index is 0.209. The number of hydrogen-bond donors (Lipinski definition) is 1. The first-order valence-electron chi connectivity index (χ1n) is 5.81. The molecule has 0 unspecified atom stereocenters. The van der Waals surface area contributed by atoms with Crippen LogP contribution >= 0.6 is 0 Å². The summed E-state index contributed by atoms with van der Waals surface area (Å²) in [5, 5.41) is 8.81. The third-order valence-corrected chi connectivity index (χ3v) is 2.86. The summed E-state index contributed by atoms with van der Waals surface area (Å²) in [6.45, 7) is 4.93. The van der Waals surface area contributed by atoms with Gasteiger partial charge in [-0.05, 0) is 12.8 Å². The maximum atomic E-state index is 13.9. The molecule has 16 heavy (non-hydrogen) atoms. The Bertz CT molecular complexity index is 226. The van der Waals surface area contributed by atoms with Gasteiger partial charge in [0.15, 0.2) is 6.54 Å². The Morgan fingerprint density at radius 2 is 1.62 bits per heavy atom. The SMILES string of the molecule is CCC[N+](CCC)(CC(=O)O)C(F)(F)CC. The molecule has 0 aromatic carbocycles. The zero-order valence-corrected chi connectivity index (χ0v) is 10.3. The van der Waals surface area contributed by atoms with Crippen LogP contribution in [0.2, 0.25) is 0 Å². The number of carboxylic acid groups (broad SMARTS) is 1. The van der Waals surface area contributed by atoms with Crippen molar-refractivity contribution < 1.29 is 23.2 Å². The maximum Gasteiger partial charge on any atom is 0.390 e. The van der Waals surface area contributed by atoms with Crippen molar-refractivity contribution in [1.29, 1.82) is 0 Å². The summed E-state index contributed by atoms with van der Waals surface area (Å²) in [7, 11) is 0. The summed E-state index contributed by atoms with van der Waals surface area (Å²) in [6, 6.07) is -2.95. The Morgan fingerprint density at radius 1 is 1.19 bits per heavy atom. The minimum Gasteiger partial charge on any atom is -0.477 e. The molecule has 0 spiro atoms. The maximum absolute atomic E-state index is 13.9. The highest BCUT2D eigenvalue weighted by Crippen LogP contribution is 2.33. The predicted molar refractivity (Wildman–Crippen MR) is 58.3 cm³/mol. The summed E-state index contributed by atoms with van der Waals surface area (Å²) < 4.78 is 27.2. The number of carboxylic acids is 1. The molecule has 0 saturated carbocycles. The van der Waals surface area contributed by atoms with Crippen molar-refractivity contribution in [1.82, 2.24) is 0 Å². The number of rotatable bonds is 8. The van der Waals surface area contributed by atoms with E-state index in [1.165, 1.54) is 6.92 Å². The quantitative estimate of drug-likeness (QED) is 0.521. The Morgan fingerprint density at radius 3 is 1.88 bits per heavy atom. The van der Waals surface area contributed by atoms with E-state index in [0.717, 1.165) is 0 Å². The van der Waals surface area contributed by atoms with Crippen LogP contribution in [-0.4, -0.2) is 41.2 Å². The molecule has 0 atom stereocenters. The van der Waals surface area contributed by atoms with Crippen LogP contribution in [-0.2, 0) is 4.79 Å². The van der Waals surface area contributed by atoms with Gasteiger partial charge in [0, 0.05) is 0 Å². The van der Waals surface area contributed by atoms with E-state index in [4.69, 9.17) is 5.11 Å². The van der Waals surface area contributed by atoms with Crippen molar-refractivity contribution >= 4 is 5.97 Å². The third-order valence-electron chi connectivity index (χ3n) is 2.86. The molecule has 0 aromatic rings. The van der Waals surface area contributed by atoms with E-state index >= 15 is 0 Å². The third kappa shape index (κ3) is 3.40. The lowest BCUT2D eigenvalue weighted by Crippen LogP contribution is -2.62. The smallest absolute Gasteiger partial charge is 0.390 e. The lowest BCUT2D eigenvalue weighted by molar-refractivity contribution is -1.00. The van der Waals surface area contributed by atoms with Gasteiger partial charge in [-0.15, -0.1) is 8.78 Å². The molecule has 0 bridgehead atoms. The molecule has 0 aliphatic rings. The standard InChI is InChI=1S/C11H21F2NO2/c1-4-7-14(8-5-2,9-10(15)16)11(12,13)6-3/h4-9H2,1-3H3/p+1. The van der Waals surface area contributed by atoms with E-state index in [2.05, 4.69) is 0 Å². The van der Waals surface area contributed by atoms with E-state index in [9.17, 15) is 13.6 Å². The fourth-order valence-corrected chi connectivity index (χ4v) is 2.16. The van der Waals surface area contributed by atoms with Crippen LogP contribution in [0.15, 0.2) is 0 Å². The molecular weight excluding hydrogens is 216 g/mol. The Balaban J connectivity index is 5.14. The molecule has 0 aromatic heterocycles. The second-order valence-electron chi connectivity index (χ2n) is 4.16. The number of alkyl halides is 2. The van der Waals surface area contributed by atoms with E-state index in [1.807, 2.05) is 0 Å². The van der Waals surface area contributed by atoms with Crippen LogP contribution in [0, 0.1) is 0 Å². The normalized spacial score (nSPS) is 12.8. The molecule has 96 valence electrons. The summed E-state index contributed by atoms with van der Waals surface area (Å²) in [5.74, 6) is -1.16. The van der Waals surface area contributed by atoms with Gasteiger partial charge in [0.1, 0.15) is 0 Å². The molecule has 0 rings (SSSR count). The predicted octanol–water partition coefficient (Wildman–Crippen LogP) is 2.71. The first-order chi connectivity index (χ1) is 7.35. The fourth-order valence-electron chi connectivity index (χ4n) is 2.16. The fraction of sp³-hybridized carbons (Fsp3) is 0.909. The van der Waals surface area contributed by atoms with Crippen LogP contribution in [0.4, 0.5) is 8.78 Å². The Kier molecular flexibility index (Phi) is 5.86. The van der Waals surface area contributed by atoms with Gasteiger partial charge in [0.2, 0.25) is 0 Å². The lowest BCUT2D eigenvalue weighted by Gasteiger charge is -2.42. The Hall–Kier alpha value is -0.710. The number of quaternary nitrogens is 1. The van der Waals surface area contributed by atoms with E-state index in [-0.39, 0.29) is 19.5 Å². The largest absolute Gasteiger partial charge is 0.477 e. The van der Waals surface area contributed by atoms with E-state index in [0.29, 0.717) is 12.8 Å². The van der Waals surface area contributed by atoms with Crippen molar-refractivity contribution in [3.63, 3.8) is 0 Å². The molecule has 0 aliphatic heterocycles. The van der Waals surface area contributed by atoms with Crippen LogP contribution in [0.25, 0.3) is 0 Å². The second-order valence-corrected chi connectivity index (χ2v) is 4.16. The molecule has 0 saturated heterocycles. The molecule has 0 fully saturated rings. The average molecular weight is 238 g/mol. The van der Waals surface area contributed by atoms with Gasteiger partial charge >= 0.3 is 12.0 Å². The topological polar surface area (TPSA) is 37.3 Å². The summed E-state index contributed by atoms with van der Waals surface area (Å²) in [4.78, 5) is 10.8. The van der Waals surface area contributed by atoms with Gasteiger partial charge in [-0.25, -0.2) is 4.79 Å². The number of nitrogens with zero attached hydrogens (tertiary/aromatic N) is 1. The highest BCUT2D eigenvalue weighted by Gasteiger charge is 2.51. The van der Waals surface area contributed by atoms with E-state index < -0.39 is 23.0 Å². The zero-order chi connectivity index (χ0) is 12.8. The summed E-state index contributed by atoms with van der Waals surface area (Å²) in [6.07, 6.45) is 0.798. The van der Waals surface area contributed by atoms with Gasteiger partial charge in [0.05, 0.1) is 19.5 Å². The lowest BCUT2D eigenvalue weighted by atomic mass is 10.2. The Labute approximate surface area is 95.6 Å². The number of halogens is 2. The molecule has 1 N–H and O–H groups in total. The highest BCUT2D eigenvalue weighted by molar-refractivity contribution is 5.68. The van der Waals surface area contributed by atoms with Crippen LogP contribution in [0.3, 0.4) is 0 Å². The first kappa shape index (κ1) is 15.3. The number of carbonyl (C=O) groups is 1. The summed E-state index contributed by atoms with van der Waals surface area (Å²) >= 11 is 0. The summed E-state index contributed by atoms with van der Waals surface area (Å²) in [5.41, 5.74) is 0. The number of hydrogen-bond acceptors (Lipinski definition) is 1. The van der Waals surface area contributed by atoms with Crippen molar-refractivity contribution in [3.8, 4) is 0 Å². The van der Waals surface area contributed by atoms with E-state index in [1.54, 1.807) is 13.8 Å². The van der Waals surface area contributed by atoms with Crippen molar-refractivity contribution in [3.05, 3.63) is 0 Å². The van der Waals surface area contributed by atoms with Gasteiger partial charge < -0.3 is 5.11 Å². The van der Waals surface area contributed by atoms with Gasteiger partial charge in [0.25, 0.3) is 0 Å². The second kappa shape index (κ2) is 6.13. The molecule has 0 heterocycles. The minimum atomic E-state index is -2.95. The monoisotopic (exact) mass is 238 g/mol. The molecule has 5 heteroatoms. The number of aliphatic carboxylic acids is 1. The van der Waals surface area contributed by atoms with Crippen LogP contribution in [0.1, 0.15) is 40.0 Å². The molecule has 0 amide bonds. The van der Waals surface area contributed by atoms with Gasteiger partial charge in [-0.2, -0.15) is 0 Å². The van der Waals surface area contributed by atoms with Crippen molar-refractivity contribution in [2.24, 2.45) is 0 Å². The van der Waals surface area contributed by atoms with Crippen molar-refractivity contribution in [2.75, 3.05) is 19.6 Å². The van der Waals surface area contributed by atoms with Crippen molar-refractivity contribution in [2.45, 2.75) is 46.1 Å². The highest BCUT2D eigenvalue weighted by atomic mass is 19.3. The van der Waals surface area contributed by atoms with Gasteiger partial charge in [-0.3, -0.25) is 4.48 Å². The molecule has 0 aliphatic carbocycles. The van der Waals surface area contributed by atoms with Gasteiger partial charge in [-0.1, -0.05) is 20.8 Å². The average Bonchev–Trinajstić information content (AvgIpc) is 2.17.